The van der Waals surface area contributed by atoms with Gasteiger partial charge in [0.25, 0.3) is 5.91 Å². The quantitative estimate of drug-likeness (QED) is 0.296. The van der Waals surface area contributed by atoms with E-state index in [1.807, 2.05) is 0 Å². The lowest BCUT2D eigenvalue weighted by molar-refractivity contribution is -0.133. The minimum Gasteiger partial charge on any atom is -0.434 e. The normalized spacial score (nSPS) is 16.1. The second-order valence-electron chi connectivity index (χ2n) is 10.5. The molecule has 1 saturated heterocycles. The van der Waals surface area contributed by atoms with Crippen LogP contribution in [0.5, 0.6) is 5.75 Å². The van der Waals surface area contributed by atoms with Gasteiger partial charge in [-0.15, -0.1) is 0 Å². The summed E-state index contributed by atoms with van der Waals surface area (Å²) in [6, 6.07) is 6.81. The van der Waals surface area contributed by atoms with Crippen LogP contribution >= 0.6 is 11.6 Å². The maximum absolute atomic E-state index is 13.3. The number of fused-ring (bicyclic) bond motifs is 1. The van der Waals surface area contributed by atoms with Crippen molar-refractivity contribution in [3.05, 3.63) is 59.6 Å². The molecule has 1 aliphatic carbocycles. The van der Waals surface area contributed by atoms with Crippen molar-refractivity contribution < 1.29 is 23.1 Å². The molecule has 0 atom stereocenters. The minimum absolute atomic E-state index is 0.104. The number of ether oxygens (including phenoxy) is 1. The molecule has 2 amide bonds. The highest BCUT2D eigenvalue weighted by Gasteiger charge is 2.28. The second-order valence-corrected chi connectivity index (χ2v) is 10.9. The van der Waals surface area contributed by atoms with E-state index in [4.69, 9.17) is 16.3 Å². The Morgan fingerprint density at radius 2 is 1.93 bits per heavy atom. The van der Waals surface area contributed by atoms with E-state index in [9.17, 15) is 18.4 Å². The van der Waals surface area contributed by atoms with Crippen LogP contribution in [0.1, 0.15) is 42.5 Å². The average Bonchev–Trinajstić information content (AvgIpc) is 3.56. The van der Waals surface area contributed by atoms with Crippen molar-refractivity contribution in [2.45, 2.75) is 57.3 Å². The number of amides is 2. The van der Waals surface area contributed by atoms with Gasteiger partial charge in [-0.3, -0.25) is 14.3 Å². The van der Waals surface area contributed by atoms with Crippen LogP contribution in [0.15, 0.2) is 49.1 Å². The Labute approximate surface area is 244 Å². The van der Waals surface area contributed by atoms with Gasteiger partial charge in [-0.1, -0.05) is 18.0 Å². The smallest absolute Gasteiger partial charge is 0.387 e. The fourth-order valence-corrected chi connectivity index (χ4v) is 5.47. The molecule has 0 bridgehead atoms. The molecule has 42 heavy (non-hydrogen) atoms. The Balaban J connectivity index is 1.25. The van der Waals surface area contributed by atoms with Gasteiger partial charge >= 0.3 is 6.61 Å². The summed E-state index contributed by atoms with van der Waals surface area (Å²) >= 11 is 6.21. The average molecular weight is 599 g/mol. The van der Waals surface area contributed by atoms with E-state index >= 15 is 0 Å². The minimum atomic E-state index is -3.10. The molecule has 1 saturated carbocycles. The molecule has 14 heteroatoms. The fraction of sp³-hybridized carbons (Fsp3) is 0.393. The summed E-state index contributed by atoms with van der Waals surface area (Å²) in [7, 11) is 0. The van der Waals surface area contributed by atoms with Crippen molar-refractivity contribution in [3.63, 3.8) is 0 Å². The monoisotopic (exact) mass is 598 g/mol. The van der Waals surface area contributed by atoms with Crippen LogP contribution in [0.3, 0.4) is 0 Å². The number of carbonyl (C=O) groups excluding carboxylic acids is 2. The molecule has 0 spiro atoms. The van der Waals surface area contributed by atoms with Gasteiger partial charge in [0.15, 0.2) is 5.65 Å². The molecular formula is C28H29ClF2N8O3. The molecule has 220 valence electrons. The summed E-state index contributed by atoms with van der Waals surface area (Å²) < 4.78 is 34.0. The van der Waals surface area contributed by atoms with E-state index in [-0.39, 0.29) is 45.7 Å². The summed E-state index contributed by atoms with van der Waals surface area (Å²) in [6.45, 7) is -1.95. The van der Waals surface area contributed by atoms with E-state index in [0.717, 1.165) is 12.8 Å². The Morgan fingerprint density at radius 3 is 2.67 bits per heavy atom. The van der Waals surface area contributed by atoms with Crippen LogP contribution in [0.2, 0.25) is 5.02 Å². The van der Waals surface area contributed by atoms with Crippen molar-refractivity contribution >= 4 is 34.7 Å². The first-order valence-corrected chi connectivity index (χ1v) is 14.2. The number of piperidine rings is 1. The molecule has 1 aromatic carbocycles. The SMILES string of the molecule is O=C(Nc1cn(CC(=O)N2CCC(NC3CCC3)CC2)nc1-c1cc(Cl)ccc1OC(F)F)c1cnn2cccnc12. The first-order chi connectivity index (χ1) is 20.3. The predicted octanol–water partition coefficient (Wildman–Crippen LogP) is 4.23. The second kappa shape index (κ2) is 12.0. The Morgan fingerprint density at radius 1 is 1.14 bits per heavy atom. The predicted molar refractivity (Wildman–Crippen MR) is 151 cm³/mol. The number of aromatic nitrogens is 5. The largest absolute Gasteiger partial charge is 0.434 e. The highest BCUT2D eigenvalue weighted by Crippen LogP contribution is 2.37. The van der Waals surface area contributed by atoms with Gasteiger partial charge in [0.2, 0.25) is 5.91 Å². The van der Waals surface area contributed by atoms with Crippen LogP contribution in [-0.4, -0.2) is 72.9 Å². The maximum Gasteiger partial charge on any atom is 0.387 e. The van der Waals surface area contributed by atoms with Gasteiger partial charge in [0.1, 0.15) is 23.6 Å². The lowest BCUT2D eigenvalue weighted by Crippen LogP contribution is -2.49. The number of anilines is 1. The standard InChI is InChI=1S/C28H29ClF2N8O3/c29-17-5-6-23(42-28(30)31)20(13-17)25-22(35-27(41)21-14-33-39-10-2-9-32-26(21)39)15-38(36-25)16-24(40)37-11-7-19(8-12-37)34-18-3-1-4-18/h2,5-6,9-10,13-15,18-19,28,34H,1,3-4,7-8,11-12,16H2,(H,35,41). The number of nitrogens with one attached hydrogen (secondary N) is 2. The molecule has 4 heterocycles. The number of halogens is 3. The van der Waals surface area contributed by atoms with Crippen molar-refractivity contribution in [1.82, 2.24) is 34.6 Å². The molecule has 4 aromatic rings. The third-order valence-electron chi connectivity index (χ3n) is 7.67. The zero-order chi connectivity index (χ0) is 29.2. The highest BCUT2D eigenvalue weighted by molar-refractivity contribution is 6.31. The first-order valence-electron chi connectivity index (χ1n) is 13.8. The number of carbonyl (C=O) groups is 2. The van der Waals surface area contributed by atoms with Gasteiger partial charge in [-0.2, -0.15) is 19.0 Å². The summed E-state index contributed by atoms with van der Waals surface area (Å²) in [4.78, 5) is 32.6. The molecule has 0 radical (unpaired) electrons. The van der Waals surface area contributed by atoms with Crippen molar-refractivity contribution in [3.8, 4) is 17.0 Å². The van der Waals surface area contributed by atoms with Crippen molar-refractivity contribution in [2.24, 2.45) is 0 Å². The van der Waals surface area contributed by atoms with Crippen LogP contribution in [0.4, 0.5) is 14.5 Å². The first kappa shape index (κ1) is 28.0. The zero-order valence-corrected chi connectivity index (χ0v) is 23.3. The van der Waals surface area contributed by atoms with E-state index in [2.05, 4.69) is 25.8 Å². The lowest BCUT2D eigenvalue weighted by atomic mass is 9.91. The van der Waals surface area contributed by atoms with Gasteiger partial charge in [-0.05, 0) is 49.9 Å². The molecule has 2 aliphatic rings. The molecular weight excluding hydrogens is 570 g/mol. The molecule has 2 N–H and O–H groups in total. The molecule has 2 fully saturated rings. The van der Waals surface area contributed by atoms with Crippen LogP contribution in [0, 0.1) is 0 Å². The lowest BCUT2D eigenvalue weighted by Gasteiger charge is -2.37. The van der Waals surface area contributed by atoms with Crippen molar-refractivity contribution in [2.75, 3.05) is 18.4 Å². The Bertz CT molecular complexity index is 1600. The number of hydrogen-bond acceptors (Lipinski definition) is 7. The Hall–Kier alpha value is -4.10. The molecule has 3 aromatic heterocycles. The summed E-state index contributed by atoms with van der Waals surface area (Å²) in [6.07, 6.45) is 11.5. The summed E-state index contributed by atoms with van der Waals surface area (Å²) in [5.41, 5.74) is 0.942. The van der Waals surface area contributed by atoms with E-state index in [0.29, 0.717) is 30.8 Å². The van der Waals surface area contributed by atoms with E-state index < -0.39 is 12.5 Å². The van der Waals surface area contributed by atoms with Crippen LogP contribution < -0.4 is 15.4 Å². The number of benzene rings is 1. The third kappa shape index (κ3) is 6.07. The number of likely N-dealkylation sites (tertiary alicyclic amines) is 1. The highest BCUT2D eigenvalue weighted by atomic mass is 35.5. The number of hydrogen-bond donors (Lipinski definition) is 2. The Kier molecular flexibility index (Phi) is 8.02. The number of alkyl halides is 2. The maximum atomic E-state index is 13.3. The van der Waals surface area contributed by atoms with Crippen molar-refractivity contribution in [1.29, 1.82) is 0 Å². The third-order valence-corrected chi connectivity index (χ3v) is 7.90. The summed E-state index contributed by atoms with van der Waals surface area (Å²) in [5, 5.41) is 15.4. The van der Waals surface area contributed by atoms with E-state index in [1.165, 1.54) is 65.2 Å². The van der Waals surface area contributed by atoms with E-state index in [1.54, 1.807) is 17.2 Å². The fourth-order valence-electron chi connectivity index (χ4n) is 5.30. The number of nitrogens with zero attached hydrogens (tertiary/aromatic N) is 6. The van der Waals surface area contributed by atoms with Crippen LogP contribution in [-0.2, 0) is 11.3 Å². The topological polar surface area (TPSA) is 119 Å². The zero-order valence-electron chi connectivity index (χ0n) is 22.5. The molecule has 1 aliphatic heterocycles. The van der Waals surface area contributed by atoms with Gasteiger partial charge in [-0.25, -0.2) is 9.50 Å². The van der Waals surface area contributed by atoms with Crippen LogP contribution in [0.25, 0.3) is 16.9 Å². The van der Waals surface area contributed by atoms with Gasteiger partial charge in [0.05, 0.1) is 11.9 Å². The molecule has 11 nitrogen and oxygen atoms in total. The molecule has 6 rings (SSSR count). The van der Waals surface area contributed by atoms with Gasteiger partial charge < -0.3 is 20.3 Å². The summed E-state index contributed by atoms with van der Waals surface area (Å²) in [5.74, 6) is -0.860. The molecule has 0 unspecified atom stereocenters. The van der Waals surface area contributed by atoms with Gasteiger partial charge in [0, 0.05) is 54.3 Å². The number of rotatable bonds is 9.